The zero-order valence-corrected chi connectivity index (χ0v) is 9.53. The third-order valence-electron chi connectivity index (χ3n) is 3.68. The van der Waals surface area contributed by atoms with Crippen molar-refractivity contribution in [1.82, 2.24) is 0 Å². The minimum atomic E-state index is -0.311. The van der Waals surface area contributed by atoms with Crippen molar-refractivity contribution >= 4 is 0 Å². The van der Waals surface area contributed by atoms with Gasteiger partial charge in [-0.1, -0.05) is 31.4 Å². The Morgan fingerprint density at radius 3 is 2.62 bits per heavy atom. The fraction of sp³-hybridized carbons (Fsp3) is 0.571. The van der Waals surface area contributed by atoms with Crippen molar-refractivity contribution in [3.63, 3.8) is 0 Å². The van der Waals surface area contributed by atoms with E-state index in [-0.39, 0.29) is 18.3 Å². The van der Waals surface area contributed by atoms with Crippen molar-refractivity contribution < 1.29 is 9.50 Å². The highest BCUT2D eigenvalue weighted by Crippen LogP contribution is 2.37. The number of rotatable bonds is 3. The molecule has 1 aromatic rings. The first-order valence-corrected chi connectivity index (χ1v) is 6.16. The molecule has 16 heavy (non-hydrogen) atoms. The van der Waals surface area contributed by atoms with Gasteiger partial charge in [-0.15, -0.1) is 0 Å². The molecule has 1 nitrogen and oxygen atoms in total. The van der Waals surface area contributed by atoms with E-state index in [1.807, 2.05) is 6.07 Å². The Hall–Kier alpha value is -1.05. The molecule has 0 amide bonds. The summed E-state index contributed by atoms with van der Waals surface area (Å²) in [7, 11) is 0. The van der Waals surface area contributed by atoms with Crippen LogP contribution < -0.4 is 0 Å². The molecule has 2 rings (SSSR count). The average Bonchev–Trinajstić information content (AvgIpc) is 2.31. The molecule has 0 spiro atoms. The van der Waals surface area contributed by atoms with Gasteiger partial charge in [0.2, 0.25) is 0 Å². The fourth-order valence-corrected chi connectivity index (χ4v) is 2.78. The first-order valence-electron chi connectivity index (χ1n) is 6.16. The first kappa shape index (κ1) is 11.4. The molecule has 1 fully saturated rings. The van der Waals surface area contributed by atoms with Gasteiger partial charge in [-0.3, -0.25) is 4.39 Å². The van der Waals surface area contributed by atoms with Crippen LogP contribution >= 0.6 is 0 Å². The van der Waals surface area contributed by atoms with Crippen molar-refractivity contribution in [3.05, 3.63) is 29.8 Å². The largest absolute Gasteiger partial charge is 0.508 e. The van der Waals surface area contributed by atoms with E-state index in [1.165, 1.54) is 19.3 Å². The summed E-state index contributed by atoms with van der Waals surface area (Å²) in [6.45, 7) is -0.311. The van der Waals surface area contributed by atoms with Crippen LogP contribution in [0.3, 0.4) is 0 Å². The van der Waals surface area contributed by atoms with Crippen LogP contribution in [0, 0.1) is 5.92 Å². The van der Waals surface area contributed by atoms with Gasteiger partial charge in [0.25, 0.3) is 0 Å². The van der Waals surface area contributed by atoms with Crippen molar-refractivity contribution in [2.75, 3.05) is 6.67 Å². The molecule has 0 aromatic heterocycles. The Labute approximate surface area is 96.3 Å². The molecule has 1 aliphatic carbocycles. The quantitative estimate of drug-likeness (QED) is 0.818. The van der Waals surface area contributed by atoms with Gasteiger partial charge in [0.05, 0.1) is 6.67 Å². The smallest absolute Gasteiger partial charge is 0.115 e. The molecule has 0 aliphatic heterocycles. The molecule has 88 valence electrons. The lowest BCUT2D eigenvalue weighted by Gasteiger charge is -2.28. The highest BCUT2D eigenvalue weighted by atomic mass is 19.1. The second-order valence-electron chi connectivity index (χ2n) is 4.75. The van der Waals surface area contributed by atoms with E-state index < -0.39 is 0 Å². The normalized spacial score (nSPS) is 19.6. The van der Waals surface area contributed by atoms with Crippen molar-refractivity contribution in [3.8, 4) is 5.75 Å². The van der Waals surface area contributed by atoms with Gasteiger partial charge in [-0.25, -0.2) is 0 Å². The molecule has 0 bridgehead atoms. The summed E-state index contributed by atoms with van der Waals surface area (Å²) >= 11 is 0. The Morgan fingerprint density at radius 1 is 1.25 bits per heavy atom. The van der Waals surface area contributed by atoms with Gasteiger partial charge in [0, 0.05) is 5.92 Å². The molecular formula is C14H19FO. The van der Waals surface area contributed by atoms with Gasteiger partial charge < -0.3 is 5.11 Å². The number of hydrogen-bond donors (Lipinski definition) is 1. The van der Waals surface area contributed by atoms with Crippen molar-refractivity contribution in [2.24, 2.45) is 5.92 Å². The average molecular weight is 222 g/mol. The predicted molar refractivity (Wildman–Crippen MR) is 63.4 cm³/mol. The van der Waals surface area contributed by atoms with E-state index in [2.05, 4.69) is 0 Å². The highest BCUT2D eigenvalue weighted by Gasteiger charge is 2.25. The molecule has 1 aliphatic rings. The van der Waals surface area contributed by atoms with E-state index in [4.69, 9.17) is 0 Å². The lowest BCUT2D eigenvalue weighted by Crippen LogP contribution is -2.17. The van der Waals surface area contributed by atoms with Gasteiger partial charge in [-0.2, -0.15) is 0 Å². The molecule has 0 saturated heterocycles. The molecule has 2 heteroatoms. The van der Waals surface area contributed by atoms with Crippen LogP contribution in [0.4, 0.5) is 4.39 Å². The van der Waals surface area contributed by atoms with Crippen LogP contribution in [-0.4, -0.2) is 11.8 Å². The number of hydrogen-bond acceptors (Lipinski definition) is 1. The van der Waals surface area contributed by atoms with E-state index in [1.54, 1.807) is 18.2 Å². The molecule has 1 N–H and O–H groups in total. The first-order chi connectivity index (χ1) is 7.81. The van der Waals surface area contributed by atoms with E-state index in [0.717, 1.165) is 18.4 Å². The topological polar surface area (TPSA) is 20.2 Å². The Morgan fingerprint density at radius 2 is 2.00 bits per heavy atom. The van der Waals surface area contributed by atoms with Crippen LogP contribution in [0.15, 0.2) is 24.3 Å². The zero-order valence-electron chi connectivity index (χ0n) is 9.53. The third kappa shape index (κ3) is 2.55. The van der Waals surface area contributed by atoms with E-state index in [0.29, 0.717) is 5.92 Å². The standard InChI is InChI=1S/C14H19FO/c15-10-14(11-5-2-1-3-6-11)12-7-4-8-13(16)9-12/h4,7-9,11,14,16H,1-3,5-6,10H2. The molecular weight excluding hydrogens is 203 g/mol. The molecule has 1 aromatic carbocycles. The lowest BCUT2D eigenvalue weighted by molar-refractivity contribution is 0.263. The number of benzene rings is 1. The maximum absolute atomic E-state index is 13.2. The van der Waals surface area contributed by atoms with Crippen LogP contribution in [0.25, 0.3) is 0 Å². The maximum Gasteiger partial charge on any atom is 0.115 e. The second kappa shape index (κ2) is 5.33. The Bertz CT molecular complexity index is 331. The van der Waals surface area contributed by atoms with Crippen LogP contribution in [0.5, 0.6) is 5.75 Å². The summed E-state index contributed by atoms with van der Waals surface area (Å²) in [6.07, 6.45) is 5.99. The van der Waals surface area contributed by atoms with Crippen LogP contribution in [0.2, 0.25) is 0 Å². The van der Waals surface area contributed by atoms with Crippen molar-refractivity contribution in [2.45, 2.75) is 38.0 Å². The number of phenols is 1. The monoisotopic (exact) mass is 222 g/mol. The molecule has 1 atom stereocenters. The van der Waals surface area contributed by atoms with Gasteiger partial charge in [0.15, 0.2) is 0 Å². The Kier molecular flexibility index (Phi) is 3.81. The van der Waals surface area contributed by atoms with Crippen molar-refractivity contribution in [1.29, 1.82) is 0 Å². The zero-order chi connectivity index (χ0) is 11.4. The summed E-state index contributed by atoms with van der Waals surface area (Å²) in [5.74, 6) is 0.680. The summed E-state index contributed by atoms with van der Waals surface area (Å²) in [5, 5.41) is 9.43. The summed E-state index contributed by atoms with van der Waals surface area (Å²) in [4.78, 5) is 0. The summed E-state index contributed by atoms with van der Waals surface area (Å²) in [6, 6.07) is 7.08. The molecule has 1 saturated carbocycles. The number of aromatic hydroxyl groups is 1. The van der Waals surface area contributed by atoms with Gasteiger partial charge in [0.1, 0.15) is 5.75 Å². The highest BCUT2D eigenvalue weighted by molar-refractivity contribution is 5.30. The SMILES string of the molecule is Oc1cccc(C(CF)C2CCCCC2)c1. The number of phenolic OH excluding ortho intramolecular Hbond substituents is 1. The van der Waals surface area contributed by atoms with E-state index >= 15 is 0 Å². The third-order valence-corrected chi connectivity index (χ3v) is 3.68. The van der Waals surface area contributed by atoms with E-state index in [9.17, 15) is 9.50 Å². The molecule has 1 unspecified atom stereocenters. The molecule has 0 radical (unpaired) electrons. The Balaban J connectivity index is 2.14. The predicted octanol–water partition coefficient (Wildman–Crippen LogP) is 4.03. The van der Waals surface area contributed by atoms with Crippen LogP contribution in [0.1, 0.15) is 43.6 Å². The van der Waals surface area contributed by atoms with Crippen LogP contribution in [-0.2, 0) is 0 Å². The summed E-state index contributed by atoms with van der Waals surface area (Å²) in [5.41, 5.74) is 0.953. The second-order valence-corrected chi connectivity index (χ2v) is 4.75. The number of alkyl halides is 1. The minimum Gasteiger partial charge on any atom is -0.508 e. The maximum atomic E-state index is 13.2. The lowest BCUT2D eigenvalue weighted by atomic mass is 9.77. The number of halogens is 1. The minimum absolute atomic E-state index is 0.0209. The fourth-order valence-electron chi connectivity index (χ4n) is 2.78. The van der Waals surface area contributed by atoms with Gasteiger partial charge in [-0.05, 0) is 36.5 Å². The summed E-state index contributed by atoms with van der Waals surface area (Å²) < 4.78 is 13.2. The molecule has 0 heterocycles. The van der Waals surface area contributed by atoms with Gasteiger partial charge >= 0.3 is 0 Å².